The first kappa shape index (κ1) is 36.9. The van der Waals surface area contributed by atoms with E-state index < -0.39 is 50.0 Å². The zero-order valence-electron chi connectivity index (χ0n) is 28.4. The lowest BCUT2D eigenvalue weighted by molar-refractivity contribution is -0.0223. The second-order valence-electron chi connectivity index (χ2n) is 15.8. The van der Waals surface area contributed by atoms with Gasteiger partial charge in [0.05, 0.1) is 29.7 Å². The third kappa shape index (κ3) is 9.14. The largest absolute Gasteiger partial charge is 0.444 e. The summed E-state index contributed by atoms with van der Waals surface area (Å²) in [5.41, 5.74) is -0.537. The molecule has 1 amide bonds. The molecule has 1 aliphatic heterocycles. The van der Waals surface area contributed by atoms with Crippen LogP contribution in [0.15, 0.2) is 29.2 Å². The Morgan fingerprint density at radius 3 is 2.05 bits per heavy atom. The van der Waals surface area contributed by atoms with E-state index in [2.05, 4.69) is 47.7 Å². The Hall–Kier alpha value is -1.25. The number of rotatable bonds is 11. The van der Waals surface area contributed by atoms with E-state index in [1.54, 1.807) is 17.0 Å². The second kappa shape index (κ2) is 12.6. The van der Waals surface area contributed by atoms with Crippen molar-refractivity contribution in [2.45, 2.75) is 146 Å². The molecule has 0 aromatic heterocycles. The Morgan fingerprint density at radius 2 is 1.57 bits per heavy atom. The van der Waals surface area contributed by atoms with Crippen LogP contribution in [0.2, 0.25) is 36.3 Å². The molecule has 0 saturated carbocycles. The first-order valence-electron chi connectivity index (χ1n) is 15.1. The molecule has 11 heteroatoms. The summed E-state index contributed by atoms with van der Waals surface area (Å²) in [6.07, 6.45) is 1.93. The van der Waals surface area contributed by atoms with E-state index in [0.717, 1.165) is 5.56 Å². The number of benzene rings is 1. The van der Waals surface area contributed by atoms with E-state index in [-0.39, 0.29) is 21.6 Å². The number of nitrogens with zero attached hydrogens (tertiary/aromatic N) is 1. The predicted molar refractivity (Wildman–Crippen MR) is 174 cm³/mol. The minimum Gasteiger partial charge on any atom is -0.444 e. The molecule has 1 saturated heterocycles. The molecule has 1 aliphatic rings. The van der Waals surface area contributed by atoms with Gasteiger partial charge < -0.3 is 14.0 Å². The second-order valence-corrected chi connectivity index (χ2v) is 26.7. The van der Waals surface area contributed by atoms with Gasteiger partial charge in [-0.25, -0.2) is 4.79 Å². The monoisotopic (exact) mass is 643 g/mol. The Bertz CT molecular complexity index is 1150. The van der Waals surface area contributed by atoms with Gasteiger partial charge in [-0.1, -0.05) is 52.3 Å². The molecule has 1 aromatic carbocycles. The van der Waals surface area contributed by atoms with Gasteiger partial charge in [0, 0.05) is 0 Å². The SMILES string of the molecule is Cc1ccc(S(=O)(=O)OCC2CCC(CCC(C)(C)[Si](C)(C)O)(CO[Si](C)(C)C(C)(C)C)N2C(=O)OC(C)(C)C)cc1. The number of hydrogen-bond acceptors (Lipinski definition) is 7. The quantitative estimate of drug-likeness (QED) is 0.195. The number of hydrogen-bond donors (Lipinski definition) is 1. The van der Waals surface area contributed by atoms with Crippen molar-refractivity contribution in [1.29, 1.82) is 0 Å². The van der Waals surface area contributed by atoms with E-state index in [1.165, 1.54) is 12.1 Å². The number of aryl methyl sites for hydroxylation is 1. The Labute approximate surface area is 257 Å². The Morgan fingerprint density at radius 1 is 1.02 bits per heavy atom. The molecule has 0 bridgehead atoms. The highest BCUT2D eigenvalue weighted by Gasteiger charge is 2.53. The van der Waals surface area contributed by atoms with Gasteiger partial charge in [0.25, 0.3) is 10.1 Å². The van der Waals surface area contributed by atoms with Crippen LogP contribution < -0.4 is 0 Å². The van der Waals surface area contributed by atoms with Crippen LogP contribution in [0.4, 0.5) is 4.79 Å². The fourth-order valence-corrected chi connectivity index (χ4v) is 7.41. The van der Waals surface area contributed by atoms with Crippen molar-refractivity contribution in [1.82, 2.24) is 4.90 Å². The summed E-state index contributed by atoms with van der Waals surface area (Å²) in [7, 11) is -8.77. The van der Waals surface area contributed by atoms with Crippen LogP contribution in [-0.4, -0.2) is 71.2 Å². The molecule has 8 nitrogen and oxygen atoms in total. The molecule has 242 valence electrons. The van der Waals surface area contributed by atoms with Crippen LogP contribution in [0.3, 0.4) is 0 Å². The number of carbonyl (C=O) groups is 1. The topological polar surface area (TPSA) is 102 Å². The molecule has 0 radical (unpaired) electrons. The molecule has 2 atom stereocenters. The van der Waals surface area contributed by atoms with Crippen molar-refractivity contribution in [3.05, 3.63) is 29.8 Å². The average molecular weight is 644 g/mol. The molecule has 1 N–H and O–H groups in total. The van der Waals surface area contributed by atoms with E-state index >= 15 is 0 Å². The number of ether oxygens (including phenoxy) is 1. The summed E-state index contributed by atoms with van der Waals surface area (Å²) in [6, 6.07) is 6.01. The number of carbonyl (C=O) groups excluding carboxylic acids is 1. The molecule has 2 unspecified atom stereocenters. The molecule has 1 aromatic rings. The molecular weight excluding hydrogens is 587 g/mol. The van der Waals surface area contributed by atoms with Crippen molar-refractivity contribution < 1.29 is 31.4 Å². The van der Waals surface area contributed by atoms with Crippen LogP contribution in [0.25, 0.3) is 0 Å². The van der Waals surface area contributed by atoms with Gasteiger partial charge in [0.1, 0.15) is 5.60 Å². The molecule has 0 aliphatic carbocycles. The van der Waals surface area contributed by atoms with Crippen LogP contribution in [0.5, 0.6) is 0 Å². The highest BCUT2D eigenvalue weighted by Crippen LogP contribution is 2.47. The number of likely N-dealkylation sites (tertiary alicyclic amines) is 1. The molecule has 42 heavy (non-hydrogen) atoms. The summed E-state index contributed by atoms with van der Waals surface area (Å²) in [5, 5.41) is -0.354. The fraction of sp³-hybridized carbons (Fsp3) is 0.774. The maximum absolute atomic E-state index is 14.0. The summed E-state index contributed by atoms with van der Waals surface area (Å²) >= 11 is 0. The van der Waals surface area contributed by atoms with Gasteiger partial charge >= 0.3 is 6.09 Å². The van der Waals surface area contributed by atoms with Gasteiger partial charge in [-0.2, -0.15) is 8.42 Å². The third-order valence-corrected chi connectivity index (χ3v) is 18.9. The first-order valence-corrected chi connectivity index (χ1v) is 22.3. The Kier molecular flexibility index (Phi) is 11.1. The Balaban J connectivity index is 2.52. The highest BCUT2D eigenvalue weighted by molar-refractivity contribution is 7.86. The van der Waals surface area contributed by atoms with Gasteiger partial charge in [-0.05, 0) is 102 Å². The molecule has 1 fully saturated rings. The van der Waals surface area contributed by atoms with Crippen LogP contribution in [0.1, 0.15) is 86.6 Å². The highest BCUT2D eigenvalue weighted by atomic mass is 32.2. The van der Waals surface area contributed by atoms with E-state index in [9.17, 15) is 18.0 Å². The normalized spacial score (nSPS) is 21.1. The standard InChI is InChI=1S/C31H57NO7SSi2/c1-24-14-16-26(17-15-24)40(34,35)37-22-25-18-19-31(21-20-30(8,9)41(10,11)36,23-38-42(12,13)29(5,6)7)32(25)27(33)39-28(2,3)4/h14-17,25,36H,18-23H2,1-13H3. The van der Waals surface area contributed by atoms with Gasteiger partial charge in [0.2, 0.25) is 0 Å². The lowest BCUT2D eigenvalue weighted by atomic mass is 9.88. The maximum atomic E-state index is 14.0. The molecule has 2 rings (SSSR count). The van der Waals surface area contributed by atoms with Gasteiger partial charge in [-0.3, -0.25) is 9.08 Å². The maximum Gasteiger partial charge on any atom is 0.411 e. The lowest BCUT2D eigenvalue weighted by Crippen LogP contribution is -2.58. The van der Waals surface area contributed by atoms with Crippen molar-refractivity contribution >= 4 is 32.8 Å². The zero-order valence-corrected chi connectivity index (χ0v) is 31.2. The van der Waals surface area contributed by atoms with E-state index in [0.29, 0.717) is 32.3 Å². The zero-order chi connectivity index (χ0) is 32.6. The summed E-state index contributed by atoms with van der Waals surface area (Å²) in [6.45, 7) is 26.5. The molecule has 0 spiro atoms. The number of amides is 1. The van der Waals surface area contributed by atoms with Gasteiger partial charge in [0.15, 0.2) is 16.6 Å². The minimum atomic E-state index is -4.03. The third-order valence-electron chi connectivity index (χ3n) is 9.51. The van der Waals surface area contributed by atoms with Crippen LogP contribution in [-0.2, 0) is 23.5 Å². The molecular formula is C31H57NO7SSi2. The smallest absolute Gasteiger partial charge is 0.411 e. The van der Waals surface area contributed by atoms with Crippen LogP contribution in [0, 0.1) is 6.92 Å². The lowest BCUT2D eigenvalue weighted by Gasteiger charge is -2.46. The van der Waals surface area contributed by atoms with Crippen molar-refractivity contribution in [2.75, 3.05) is 13.2 Å². The summed E-state index contributed by atoms with van der Waals surface area (Å²) in [5.74, 6) is 0. The van der Waals surface area contributed by atoms with Gasteiger partial charge in [-0.15, -0.1) is 0 Å². The van der Waals surface area contributed by atoms with Crippen molar-refractivity contribution in [3.63, 3.8) is 0 Å². The van der Waals surface area contributed by atoms with Crippen molar-refractivity contribution in [3.8, 4) is 0 Å². The fourth-order valence-electron chi connectivity index (χ4n) is 4.67. The summed E-state index contributed by atoms with van der Waals surface area (Å²) in [4.78, 5) is 26.8. The minimum absolute atomic E-state index is 0.0343. The first-order chi connectivity index (χ1) is 18.7. The average Bonchev–Trinajstić information content (AvgIpc) is 3.17. The van der Waals surface area contributed by atoms with E-state index in [1.807, 2.05) is 40.8 Å². The molecule has 1 heterocycles. The van der Waals surface area contributed by atoms with E-state index in [4.69, 9.17) is 13.3 Å². The summed E-state index contributed by atoms with van der Waals surface area (Å²) < 4.78 is 44.5. The van der Waals surface area contributed by atoms with Crippen molar-refractivity contribution in [2.24, 2.45) is 0 Å². The van der Waals surface area contributed by atoms with Crippen LogP contribution >= 0.6 is 0 Å². The predicted octanol–water partition coefficient (Wildman–Crippen LogP) is 7.62.